The summed E-state index contributed by atoms with van der Waals surface area (Å²) in [7, 11) is 1.34. The van der Waals surface area contributed by atoms with Crippen molar-refractivity contribution < 1.29 is 14.3 Å². The number of esters is 1. The van der Waals surface area contributed by atoms with E-state index in [-0.39, 0.29) is 5.57 Å². The molecule has 7 heteroatoms. The molecule has 0 spiro atoms. The summed E-state index contributed by atoms with van der Waals surface area (Å²) in [5, 5.41) is 12.7. The minimum absolute atomic E-state index is 0.0266. The van der Waals surface area contributed by atoms with Crippen molar-refractivity contribution in [1.29, 1.82) is 5.26 Å². The van der Waals surface area contributed by atoms with Crippen LogP contribution in [-0.4, -0.2) is 23.6 Å². The zero-order valence-corrected chi connectivity index (χ0v) is 18.0. The van der Waals surface area contributed by atoms with Crippen molar-refractivity contribution in [2.45, 2.75) is 13.8 Å². The molecule has 0 saturated carbocycles. The van der Waals surface area contributed by atoms with Crippen LogP contribution in [0.2, 0.25) is 5.02 Å². The Hall–Kier alpha value is -3.82. The Morgan fingerprint density at radius 2 is 1.84 bits per heavy atom. The minimum Gasteiger partial charge on any atom is -0.465 e. The van der Waals surface area contributed by atoms with Gasteiger partial charge in [0.15, 0.2) is 0 Å². The number of aryl methyl sites for hydroxylation is 1. The standard InChI is InChI=1S/C24H20ClN3O3/c1-15-11-18(12-19(14-26)23(29)27-21-6-4-5-20(25)13-21)16(2)28(15)22-9-7-17(8-10-22)24(30)31-3/h4-13H,1-3H3,(H,27,29). The largest absolute Gasteiger partial charge is 0.465 e. The fraction of sp³-hybridized carbons (Fsp3) is 0.125. The maximum Gasteiger partial charge on any atom is 0.337 e. The number of anilines is 1. The SMILES string of the molecule is COC(=O)c1ccc(-n2c(C)cc(C=C(C#N)C(=O)Nc3cccc(Cl)c3)c2C)cc1. The van der Waals surface area contributed by atoms with E-state index in [9.17, 15) is 14.9 Å². The monoisotopic (exact) mass is 433 g/mol. The quantitative estimate of drug-likeness (QED) is 0.345. The molecule has 1 aromatic heterocycles. The van der Waals surface area contributed by atoms with Crippen LogP contribution in [0.25, 0.3) is 11.8 Å². The molecule has 0 atom stereocenters. The third-order valence-corrected chi connectivity index (χ3v) is 5.00. The van der Waals surface area contributed by atoms with Crippen LogP contribution in [0.4, 0.5) is 5.69 Å². The first-order valence-corrected chi connectivity index (χ1v) is 9.78. The lowest BCUT2D eigenvalue weighted by molar-refractivity contribution is -0.112. The van der Waals surface area contributed by atoms with Gasteiger partial charge in [0.05, 0.1) is 12.7 Å². The van der Waals surface area contributed by atoms with Gasteiger partial charge in [-0.15, -0.1) is 0 Å². The Morgan fingerprint density at radius 1 is 1.13 bits per heavy atom. The fourth-order valence-corrected chi connectivity index (χ4v) is 3.45. The maximum atomic E-state index is 12.6. The molecule has 6 nitrogen and oxygen atoms in total. The summed E-state index contributed by atoms with van der Waals surface area (Å²) in [5.41, 5.74) is 4.31. The topological polar surface area (TPSA) is 84.1 Å². The van der Waals surface area contributed by atoms with Gasteiger partial charge in [0.2, 0.25) is 0 Å². The predicted octanol–water partition coefficient (Wildman–Crippen LogP) is 5.08. The highest BCUT2D eigenvalue weighted by Gasteiger charge is 2.15. The first-order valence-electron chi connectivity index (χ1n) is 9.40. The van der Waals surface area contributed by atoms with E-state index in [1.807, 2.05) is 42.7 Å². The molecule has 1 heterocycles. The van der Waals surface area contributed by atoms with Crippen LogP contribution in [0.5, 0.6) is 0 Å². The Morgan fingerprint density at radius 3 is 2.45 bits per heavy atom. The third-order valence-electron chi connectivity index (χ3n) is 4.76. The summed E-state index contributed by atoms with van der Waals surface area (Å²) in [6, 6.07) is 17.6. The van der Waals surface area contributed by atoms with Gasteiger partial charge in [-0.25, -0.2) is 4.79 Å². The Kier molecular flexibility index (Phi) is 6.58. The summed E-state index contributed by atoms with van der Waals surface area (Å²) >= 11 is 5.95. The molecule has 0 radical (unpaired) electrons. The molecule has 3 rings (SSSR count). The molecule has 156 valence electrons. The van der Waals surface area contributed by atoms with Gasteiger partial charge >= 0.3 is 5.97 Å². The van der Waals surface area contributed by atoms with E-state index in [1.54, 1.807) is 42.5 Å². The van der Waals surface area contributed by atoms with E-state index in [0.717, 1.165) is 22.6 Å². The normalized spacial score (nSPS) is 11.0. The summed E-state index contributed by atoms with van der Waals surface area (Å²) in [5.74, 6) is -0.919. The number of rotatable bonds is 5. The predicted molar refractivity (Wildman–Crippen MR) is 120 cm³/mol. The zero-order chi connectivity index (χ0) is 22.5. The van der Waals surface area contributed by atoms with Gasteiger partial charge in [0.1, 0.15) is 11.6 Å². The van der Waals surface area contributed by atoms with Gasteiger partial charge in [0.25, 0.3) is 5.91 Å². The molecule has 0 fully saturated rings. The number of hydrogen-bond acceptors (Lipinski definition) is 4. The number of carbonyl (C=O) groups is 2. The van der Waals surface area contributed by atoms with Crippen LogP contribution < -0.4 is 5.32 Å². The van der Waals surface area contributed by atoms with Crippen LogP contribution in [0.3, 0.4) is 0 Å². The highest BCUT2D eigenvalue weighted by atomic mass is 35.5. The second-order valence-electron chi connectivity index (χ2n) is 6.83. The van der Waals surface area contributed by atoms with Gasteiger partial charge in [-0.05, 0) is 74.0 Å². The third kappa shape index (κ3) is 4.85. The summed E-state index contributed by atoms with van der Waals surface area (Å²) in [6.07, 6.45) is 1.56. The van der Waals surface area contributed by atoms with E-state index in [2.05, 4.69) is 5.32 Å². The lowest BCUT2D eigenvalue weighted by Crippen LogP contribution is -2.13. The molecule has 3 aromatic rings. The molecule has 2 aromatic carbocycles. The van der Waals surface area contributed by atoms with Crippen LogP contribution >= 0.6 is 11.6 Å². The lowest BCUT2D eigenvalue weighted by atomic mass is 10.1. The van der Waals surface area contributed by atoms with Gasteiger partial charge < -0.3 is 14.6 Å². The van der Waals surface area contributed by atoms with Crippen LogP contribution in [0, 0.1) is 25.2 Å². The zero-order valence-electron chi connectivity index (χ0n) is 17.3. The number of methoxy groups -OCH3 is 1. The van der Waals surface area contributed by atoms with Crippen molar-refractivity contribution in [3.05, 3.63) is 87.7 Å². The second-order valence-corrected chi connectivity index (χ2v) is 7.27. The van der Waals surface area contributed by atoms with Crippen LogP contribution in [0.15, 0.2) is 60.2 Å². The number of carbonyl (C=O) groups excluding carboxylic acids is 2. The fourth-order valence-electron chi connectivity index (χ4n) is 3.26. The van der Waals surface area contributed by atoms with Crippen molar-refractivity contribution in [2.75, 3.05) is 12.4 Å². The Bertz CT molecular complexity index is 1220. The lowest BCUT2D eigenvalue weighted by Gasteiger charge is -2.10. The maximum absolute atomic E-state index is 12.6. The molecule has 0 aliphatic carbocycles. The molecule has 1 N–H and O–H groups in total. The molecule has 31 heavy (non-hydrogen) atoms. The van der Waals surface area contributed by atoms with E-state index in [4.69, 9.17) is 16.3 Å². The van der Waals surface area contributed by atoms with Crippen LogP contribution in [-0.2, 0) is 9.53 Å². The van der Waals surface area contributed by atoms with Gasteiger partial charge in [-0.1, -0.05) is 17.7 Å². The average Bonchev–Trinajstić information content (AvgIpc) is 3.04. The van der Waals surface area contributed by atoms with Crippen molar-refractivity contribution in [3.8, 4) is 11.8 Å². The van der Waals surface area contributed by atoms with E-state index in [0.29, 0.717) is 16.3 Å². The molecule has 0 aliphatic heterocycles. The number of nitrogens with zero attached hydrogens (tertiary/aromatic N) is 2. The molecule has 0 bridgehead atoms. The molecule has 0 aliphatic rings. The van der Waals surface area contributed by atoms with Crippen molar-refractivity contribution in [2.24, 2.45) is 0 Å². The summed E-state index contributed by atoms with van der Waals surface area (Å²) in [4.78, 5) is 24.2. The van der Waals surface area contributed by atoms with Crippen molar-refractivity contribution in [3.63, 3.8) is 0 Å². The van der Waals surface area contributed by atoms with Crippen molar-refractivity contribution >= 4 is 35.2 Å². The summed E-state index contributed by atoms with van der Waals surface area (Å²) in [6.45, 7) is 3.83. The summed E-state index contributed by atoms with van der Waals surface area (Å²) < 4.78 is 6.71. The minimum atomic E-state index is -0.517. The number of nitrogens with one attached hydrogen (secondary N) is 1. The van der Waals surface area contributed by atoms with Crippen LogP contribution in [0.1, 0.15) is 27.3 Å². The molecule has 0 unspecified atom stereocenters. The number of ether oxygens (including phenoxy) is 1. The van der Waals surface area contributed by atoms with Crippen molar-refractivity contribution in [1.82, 2.24) is 4.57 Å². The van der Waals surface area contributed by atoms with E-state index >= 15 is 0 Å². The highest BCUT2D eigenvalue weighted by Crippen LogP contribution is 2.24. The van der Waals surface area contributed by atoms with Gasteiger partial charge in [-0.2, -0.15) is 5.26 Å². The number of nitriles is 1. The number of aromatic nitrogens is 1. The molecule has 0 saturated heterocycles. The first-order chi connectivity index (χ1) is 14.8. The molecular formula is C24H20ClN3O3. The van der Waals surface area contributed by atoms with E-state index < -0.39 is 11.9 Å². The van der Waals surface area contributed by atoms with Gasteiger partial charge in [0, 0.05) is 27.8 Å². The van der Waals surface area contributed by atoms with Gasteiger partial charge in [-0.3, -0.25) is 4.79 Å². The first kappa shape index (κ1) is 21.9. The molecular weight excluding hydrogens is 414 g/mol. The number of benzene rings is 2. The Labute approximate surface area is 185 Å². The number of halogens is 1. The molecule has 1 amide bonds. The van der Waals surface area contributed by atoms with E-state index in [1.165, 1.54) is 7.11 Å². The second kappa shape index (κ2) is 9.33. The highest BCUT2D eigenvalue weighted by molar-refractivity contribution is 6.31. The number of hydrogen-bond donors (Lipinski definition) is 1. The average molecular weight is 434 g/mol. The smallest absolute Gasteiger partial charge is 0.337 e. The Balaban J connectivity index is 1.91. The number of amides is 1.